The van der Waals surface area contributed by atoms with E-state index in [1.807, 2.05) is 30.3 Å². The number of carboxylic acid groups (broad SMARTS) is 1. The van der Waals surface area contributed by atoms with Crippen LogP contribution in [0, 0.1) is 17.3 Å². The summed E-state index contributed by atoms with van der Waals surface area (Å²) in [7, 11) is 0. The van der Waals surface area contributed by atoms with Crippen LogP contribution in [-0.4, -0.2) is 11.1 Å². The molecular formula is C13H14O2. The molecule has 15 heavy (non-hydrogen) atoms. The Balaban J connectivity index is 2.66. The molecule has 2 heteroatoms. The lowest BCUT2D eigenvalue weighted by Gasteiger charge is -2.14. The van der Waals surface area contributed by atoms with E-state index in [0.717, 1.165) is 5.56 Å². The molecule has 0 saturated carbocycles. The first-order chi connectivity index (χ1) is 7.02. The molecule has 0 aliphatic rings. The van der Waals surface area contributed by atoms with Crippen molar-refractivity contribution >= 4 is 5.97 Å². The predicted molar refractivity (Wildman–Crippen MR) is 59.4 cm³/mol. The molecule has 1 aromatic carbocycles. The van der Waals surface area contributed by atoms with Crippen LogP contribution in [0.1, 0.15) is 25.8 Å². The van der Waals surface area contributed by atoms with Gasteiger partial charge in [0.2, 0.25) is 0 Å². The molecule has 2 nitrogen and oxygen atoms in total. The molecule has 0 saturated heterocycles. The summed E-state index contributed by atoms with van der Waals surface area (Å²) in [5, 5.41) is 8.87. The van der Waals surface area contributed by atoms with Crippen LogP contribution in [0.3, 0.4) is 0 Å². The molecule has 0 unspecified atom stereocenters. The molecule has 0 radical (unpaired) electrons. The molecule has 0 aliphatic carbocycles. The number of hydrogen-bond acceptors (Lipinski definition) is 1. The van der Waals surface area contributed by atoms with E-state index in [1.54, 1.807) is 13.8 Å². The van der Waals surface area contributed by atoms with Gasteiger partial charge >= 0.3 is 5.97 Å². The van der Waals surface area contributed by atoms with Crippen molar-refractivity contribution in [3.05, 3.63) is 35.9 Å². The third kappa shape index (κ3) is 3.47. The molecule has 0 bridgehead atoms. The zero-order valence-electron chi connectivity index (χ0n) is 8.95. The van der Waals surface area contributed by atoms with Gasteiger partial charge in [0.05, 0.1) is 5.41 Å². The molecule has 0 fully saturated rings. The van der Waals surface area contributed by atoms with Crippen molar-refractivity contribution in [2.45, 2.75) is 20.3 Å². The van der Waals surface area contributed by atoms with E-state index >= 15 is 0 Å². The van der Waals surface area contributed by atoms with E-state index in [0.29, 0.717) is 6.42 Å². The third-order valence-corrected chi connectivity index (χ3v) is 2.12. The summed E-state index contributed by atoms with van der Waals surface area (Å²) >= 11 is 0. The Hall–Kier alpha value is -1.75. The summed E-state index contributed by atoms with van der Waals surface area (Å²) in [6.45, 7) is 3.35. The first-order valence-electron chi connectivity index (χ1n) is 4.80. The van der Waals surface area contributed by atoms with Gasteiger partial charge in [0, 0.05) is 12.0 Å². The number of aliphatic carboxylic acids is 1. The van der Waals surface area contributed by atoms with Crippen LogP contribution in [0.4, 0.5) is 0 Å². The van der Waals surface area contributed by atoms with Gasteiger partial charge in [-0.3, -0.25) is 4.79 Å². The summed E-state index contributed by atoms with van der Waals surface area (Å²) in [4.78, 5) is 10.8. The van der Waals surface area contributed by atoms with E-state index in [1.165, 1.54) is 0 Å². The maximum atomic E-state index is 10.8. The Morgan fingerprint density at radius 2 is 1.93 bits per heavy atom. The van der Waals surface area contributed by atoms with Crippen molar-refractivity contribution in [3.8, 4) is 11.8 Å². The van der Waals surface area contributed by atoms with Crippen molar-refractivity contribution < 1.29 is 9.90 Å². The van der Waals surface area contributed by atoms with E-state index in [4.69, 9.17) is 5.11 Å². The van der Waals surface area contributed by atoms with E-state index in [2.05, 4.69) is 11.8 Å². The van der Waals surface area contributed by atoms with Gasteiger partial charge in [-0.05, 0) is 26.0 Å². The Morgan fingerprint density at radius 3 is 2.47 bits per heavy atom. The average molecular weight is 202 g/mol. The second-order valence-corrected chi connectivity index (χ2v) is 4.03. The molecule has 0 atom stereocenters. The Morgan fingerprint density at radius 1 is 1.33 bits per heavy atom. The largest absolute Gasteiger partial charge is 0.481 e. The molecule has 1 rings (SSSR count). The minimum absolute atomic E-state index is 0.358. The van der Waals surface area contributed by atoms with Gasteiger partial charge in [-0.15, -0.1) is 0 Å². The minimum atomic E-state index is -0.815. The lowest BCUT2D eigenvalue weighted by molar-refractivity contribution is -0.146. The van der Waals surface area contributed by atoms with Crippen molar-refractivity contribution in [2.75, 3.05) is 0 Å². The molecular weight excluding hydrogens is 188 g/mol. The normalized spacial score (nSPS) is 10.3. The quantitative estimate of drug-likeness (QED) is 0.748. The van der Waals surface area contributed by atoms with Crippen molar-refractivity contribution in [2.24, 2.45) is 5.41 Å². The van der Waals surface area contributed by atoms with Gasteiger partial charge in [0.1, 0.15) is 0 Å². The van der Waals surface area contributed by atoms with Crippen LogP contribution in [0.25, 0.3) is 0 Å². The van der Waals surface area contributed by atoms with E-state index in [9.17, 15) is 4.79 Å². The maximum absolute atomic E-state index is 10.8. The number of rotatable bonds is 2. The molecule has 78 valence electrons. The predicted octanol–water partition coefficient (Wildman–Crippen LogP) is 2.54. The molecule has 0 aliphatic heterocycles. The maximum Gasteiger partial charge on any atom is 0.310 e. The third-order valence-electron chi connectivity index (χ3n) is 2.12. The number of hydrogen-bond donors (Lipinski definition) is 1. The zero-order chi connectivity index (χ0) is 11.3. The van der Waals surface area contributed by atoms with Crippen molar-refractivity contribution in [1.82, 2.24) is 0 Å². The fraction of sp³-hybridized carbons (Fsp3) is 0.308. The van der Waals surface area contributed by atoms with Gasteiger partial charge in [0.15, 0.2) is 0 Å². The molecule has 1 N–H and O–H groups in total. The topological polar surface area (TPSA) is 37.3 Å². The second kappa shape index (κ2) is 4.65. The smallest absolute Gasteiger partial charge is 0.310 e. The average Bonchev–Trinajstić information content (AvgIpc) is 2.19. The number of benzene rings is 1. The molecule has 0 amide bonds. The van der Waals surface area contributed by atoms with Crippen molar-refractivity contribution in [3.63, 3.8) is 0 Å². The van der Waals surface area contributed by atoms with Gasteiger partial charge in [0.25, 0.3) is 0 Å². The highest BCUT2D eigenvalue weighted by molar-refractivity contribution is 5.74. The van der Waals surface area contributed by atoms with Gasteiger partial charge in [-0.2, -0.15) is 0 Å². The summed E-state index contributed by atoms with van der Waals surface area (Å²) in [5.74, 6) is 5.02. The van der Waals surface area contributed by atoms with Crippen LogP contribution in [0.15, 0.2) is 30.3 Å². The second-order valence-electron chi connectivity index (χ2n) is 4.03. The lowest BCUT2D eigenvalue weighted by atomic mass is 9.90. The highest BCUT2D eigenvalue weighted by Crippen LogP contribution is 2.19. The highest BCUT2D eigenvalue weighted by Gasteiger charge is 2.25. The molecule has 0 heterocycles. The Kier molecular flexibility index (Phi) is 3.51. The van der Waals surface area contributed by atoms with Crippen LogP contribution in [0.2, 0.25) is 0 Å². The zero-order valence-corrected chi connectivity index (χ0v) is 8.95. The first-order valence-corrected chi connectivity index (χ1v) is 4.80. The van der Waals surface area contributed by atoms with Crippen LogP contribution < -0.4 is 0 Å². The van der Waals surface area contributed by atoms with Gasteiger partial charge in [-0.25, -0.2) is 0 Å². The van der Waals surface area contributed by atoms with Crippen LogP contribution in [-0.2, 0) is 4.79 Å². The molecule has 0 spiro atoms. The van der Waals surface area contributed by atoms with Gasteiger partial charge < -0.3 is 5.11 Å². The van der Waals surface area contributed by atoms with E-state index in [-0.39, 0.29) is 0 Å². The monoisotopic (exact) mass is 202 g/mol. The fourth-order valence-electron chi connectivity index (χ4n) is 0.964. The standard InChI is InChI=1S/C13H14O2/c1-13(2,12(14)15)10-6-9-11-7-4-3-5-8-11/h3-5,7-8H,10H2,1-2H3,(H,14,15). The number of carboxylic acids is 1. The Bertz CT molecular complexity index is 394. The van der Waals surface area contributed by atoms with Gasteiger partial charge in [-0.1, -0.05) is 30.0 Å². The van der Waals surface area contributed by atoms with Crippen molar-refractivity contribution in [1.29, 1.82) is 0 Å². The highest BCUT2D eigenvalue weighted by atomic mass is 16.4. The lowest BCUT2D eigenvalue weighted by Crippen LogP contribution is -2.22. The van der Waals surface area contributed by atoms with Crippen LogP contribution in [0.5, 0.6) is 0 Å². The summed E-state index contributed by atoms with van der Waals surface area (Å²) in [6, 6.07) is 9.55. The number of carbonyl (C=O) groups is 1. The summed E-state index contributed by atoms with van der Waals surface area (Å²) < 4.78 is 0. The fourth-order valence-corrected chi connectivity index (χ4v) is 0.964. The SMILES string of the molecule is CC(C)(CC#Cc1ccccc1)C(=O)O. The summed E-state index contributed by atoms with van der Waals surface area (Å²) in [6.07, 6.45) is 0.358. The first kappa shape index (κ1) is 11.3. The summed E-state index contributed by atoms with van der Waals surface area (Å²) in [5.41, 5.74) is 0.139. The molecule has 0 aromatic heterocycles. The Labute approximate surface area is 89.9 Å². The van der Waals surface area contributed by atoms with E-state index < -0.39 is 11.4 Å². The molecule has 1 aromatic rings. The minimum Gasteiger partial charge on any atom is -0.481 e. The van der Waals surface area contributed by atoms with Crippen LogP contribution >= 0.6 is 0 Å².